The summed E-state index contributed by atoms with van der Waals surface area (Å²) < 4.78 is 7.52. The fourth-order valence-electron chi connectivity index (χ4n) is 2.56. The first-order valence-corrected chi connectivity index (χ1v) is 7.29. The van der Waals surface area contributed by atoms with Crippen LogP contribution in [0.2, 0.25) is 0 Å². The van der Waals surface area contributed by atoms with E-state index in [9.17, 15) is 9.90 Å². The van der Waals surface area contributed by atoms with Gasteiger partial charge in [0.15, 0.2) is 0 Å². The van der Waals surface area contributed by atoms with Gasteiger partial charge in [-0.25, -0.2) is 9.78 Å². The van der Waals surface area contributed by atoms with E-state index < -0.39 is 5.97 Å². The standard InChI is InChI=1S/C16H22N2O3/c1-5-21-9-11(4)18-14-12(16(19)20)7-6-8-13(14)17-15(18)10(2)3/h6-8,10-11H,5,9H2,1-4H3,(H,19,20). The van der Waals surface area contributed by atoms with E-state index in [0.717, 1.165) is 11.3 Å². The molecular weight excluding hydrogens is 268 g/mol. The highest BCUT2D eigenvalue weighted by atomic mass is 16.5. The maximum Gasteiger partial charge on any atom is 0.337 e. The number of ether oxygens (including phenoxy) is 1. The van der Waals surface area contributed by atoms with Crippen LogP contribution in [-0.4, -0.2) is 33.8 Å². The quantitative estimate of drug-likeness (QED) is 0.885. The number of imidazole rings is 1. The van der Waals surface area contributed by atoms with Crippen LogP contribution in [0.4, 0.5) is 0 Å². The Morgan fingerprint density at radius 3 is 2.67 bits per heavy atom. The Labute approximate surface area is 124 Å². The number of rotatable bonds is 6. The van der Waals surface area contributed by atoms with E-state index >= 15 is 0 Å². The minimum atomic E-state index is -0.930. The van der Waals surface area contributed by atoms with Gasteiger partial charge in [-0.15, -0.1) is 0 Å². The summed E-state index contributed by atoms with van der Waals surface area (Å²) in [6.45, 7) is 9.28. The number of fused-ring (bicyclic) bond motifs is 1. The Morgan fingerprint density at radius 1 is 1.38 bits per heavy atom. The Hall–Kier alpha value is -1.88. The first kappa shape index (κ1) is 15.5. The fourth-order valence-corrected chi connectivity index (χ4v) is 2.56. The molecule has 5 nitrogen and oxygen atoms in total. The number of nitrogens with zero attached hydrogens (tertiary/aromatic N) is 2. The van der Waals surface area contributed by atoms with Gasteiger partial charge in [0.05, 0.1) is 29.2 Å². The van der Waals surface area contributed by atoms with Gasteiger partial charge in [0.1, 0.15) is 5.82 Å². The third-order valence-electron chi connectivity index (χ3n) is 3.49. The van der Waals surface area contributed by atoms with E-state index in [0.29, 0.717) is 18.7 Å². The average Bonchev–Trinajstić information content (AvgIpc) is 2.84. The summed E-state index contributed by atoms with van der Waals surface area (Å²) in [6.07, 6.45) is 0. The van der Waals surface area contributed by atoms with Crippen molar-refractivity contribution in [3.8, 4) is 0 Å². The highest BCUT2D eigenvalue weighted by Gasteiger charge is 2.22. The first-order chi connectivity index (χ1) is 9.97. The van der Waals surface area contributed by atoms with E-state index in [-0.39, 0.29) is 17.5 Å². The Balaban J connectivity index is 2.68. The average molecular weight is 290 g/mol. The van der Waals surface area contributed by atoms with Crippen LogP contribution >= 0.6 is 0 Å². The SMILES string of the molecule is CCOCC(C)n1c(C(C)C)nc2cccc(C(=O)O)c21. The van der Waals surface area contributed by atoms with Gasteiger partial charge < -0.3 is 14.4 Å². The predicted octanol–water partition coefficient (Wildman–Crippen LogP) is 3.46. The predicted molar refractivity (Wildman–Crippen MR) is 82.0 cm³/mol. The topological polar surface area (TPSA) is 64.4 Å². The van der Waals surface area contributed by atoms with Crippen LogP contribution in [0.15, 0.2) is 18.2 Å². The van der Waals surface area contributed by atoms with Gasteiger partial charge in [0, 0.05) is 12.5 Å². The number of benzene rings is 1. The van der Waals surface area contributed by atoms with Crippen LogP contribution in [-0.2, 0) is 4.74 Å². The lowest BCUT2D eigenvalue weighted by atomic mass is 10.1. The maximum atomic E-state index is 11.5. The molecule has 1 aromatic heterocycles. The maximum absolute atomic E-state index is 11.5. The molecule has 0 amide bonds. The zero-order valence-electron chi connectivity index (χ0n) is 13.0. The second-order valence-corrected chi connectivity index (χ2v) is 5.48. The molecule has 0 aliphatic heterocycles. The van der Waals surface area contributed by atoms with Crippen LogP contribution < -0.4 is 0 Å². The van der Waals surface area contributed by atoms with Gasteiger partial charge in [-0.1, -0.05) is 19.9 Å². The van der Waals surface area contributed by atoms with E-state index in [2.05, 4.69) is 18.8 Å². The molecule has 0 spiro atoms. The van der Waals surface area contributed by atoms with Crippen molar-refractivity contribution in [2.45, 2.75) is 39.7 Å². The number of para-hydroxylation sites is 1. The van der Waals surface area contributed by atoms with E-state index in [1.54, 1.807) is 12.1 Å². The summed E-state index contributed by atoms with van der Waals surface area (Å²) in [7, 11) is 0. The van der Waals surface area contributed by atoms with E-state index in [1.165, 1.54) is 0 Å². The molecule has 2 aromatic rings. The number of aromatic carboxylic acids is 1. The lowest BCUT2D eigenvalue weighted by Gasteiger charge is -2.19. The molecule has 0 fully saturated rings. The molecule has 1 N–H and O–H groups in total. The van der Waals surface area contributed by atoms with Gasteiger partial charge >= 0.3 is 5.97 Å². The van der Waals surface area contributed by atoms with Crippen LogP contribution in [0, 0.1) is 0 Å². The third kappa shape index (κ3) is 2.93. The van der Waals surface area contributed by atoms with Crippen LogP contribution in [0.25, 0.3) is 11.0 Å². The molecular formula is C16H22N2O3. The summed E-state index contributed by atoms with van der Waals surface area (Å²) in [5, 5.41) is 9.44. The molecule has 1 unspecified atom stereocenters. The Kier molecular flexibility index (Phi) is 4.63. The van der Waals surface area contributed by atoms with E-state index in [1.807, 2.05) is 24.5 Å². The number of carboxylic acid groups (broad SMARTS) is 1. The molecule has 1 aromatic carbocycles. The molecule has 0 bridgehead atoms. The molecule has 0 radical (unpaired) electrons. The monoisotopic (exact) mass is 290 g/mol. The number of hydrogen-bond donors (Lipinski definition) is 1. The summed E-state index contributed by atoms with van der Waals surface area (Å²) in [4.78, 5) is 16.1. The van der Waals surface area contributed by atoms with Crippen molar-refractivity contribution in [2.24, 2.45) is 0 Å². The highest BCUT2D eigenvalue weighted by molar-refractivity contribution is 6.01. The Morgan fingerprint density at radius 2 is 2.10 bits per heavy atom. The summed E-state index contributed by atoms with van der Waals surface area (Å²) in [6, 6.07) is 5.26. The van der Waals surface area contributed by atoms with Gasteiger partial charge in [-0.2, -0.15) is 0 Å². The van der Waals surface area contributed by atoms with Crippen molar-refractivity contribution in [1.29, 1.82) is 0 Å². The summed E-state index contributed by atoms with van der Waals surface area (Å²) in [5.41, 5.74) is 1.69. The lowest BCUT2D eigenvalue weighted by Crippen LogP contribution is -2.17. The second kappa shape index (κ2) is 6.26. The minimum Gasteiger partial charge on any atom is -0.478 e. The molecule has 1 atom stereocenters. The number of hydrogen-bond acceptors (Lipinski definition) is 3. The summed E-state index contributed by atoms with van der Waals surface area (Å²) in [5.74, 6) is 0.176. The van der Waals surface area contributed by atoms with Gasteiger partial charge in [-0.05, 0) is 26.0 Å². The van der Waals surface area contributed by atoms with Crippen molar-refractivity contribution in [3.63, 3.8) is 0 Å². The van der Waals surface area contributed by atoms with Crippen molar-refractivity contribution in [2.75, 3.05) is 13.2 Å². The number of carboxylic acids is 1. The van der Waals surface area contributed by atoms with Gasteiger partial charge in [0.2, 0.25) is 0 Å². The first-order valence-electron chi connectivity index (χ1n) is 7.29. The van der Waals surface area contributed by atoms with Crippen LogP contribution in [0.5, 0.6) is 0 Å². The molecule has 5 heteroatoms. The number of aromatic nitrogens is 2. The molecule has 0 saturated carbocycles. The highest BCUT2D eigenvalue weighted by Crippen LogP contribution is 2.28. The third-order valence-corrected chi connectivity index (χ3v) is 3.49. The van der Waals surface area contributed by atoms with Crippen LogP contribution in [0.1, 0.15) is 55.8 Å². The normalized spacial score (nSPS) is 13.0. The van der Waals surface area contributed by atoms with Crippen molar-refractivity contribution >= 4 is 17.0 Å². The second-order valence-electron chi connectivity index (χ2n) is 5.48. The largest absolute Gasteiger partial charge is 0.478 e. The van der Waals surface area contributed by atoms with Gasteiger partial charge in [0.25, 0.3) is 0 Å². The molecule has 1 heterocycles. The molecule has 0 aliphatic carbocycles. The zero-order chi connectivity index (χ0) is 15.6. The molecule has 114 valence electrons. The van der Waals surface area contributed by atoms with E-state index in [4.69, 9.17) is 4.74 Å². The van der Waals surface area contributed by atoms with Crippen molar-refractivity contribution in [3.05, 3.63) is 29.6 Å². The molecule has 0 aliphatic rings. The molecule has 0 saturated heterocycles. The minimum absolute atomic E-state index is 0.0350. The zero-order valence-corrected chi connectivity index (χ0v) is 13.0. The van der Waals surface area contributed by atoms with Gasteiger partial charge in [-0.3, -0.25) is 0 Å². The molecule has 21 heavy (non-hydrogen) atoms. The Bertz CT molecular complexity index is 646. The number of carbonyl (C=O) groups is 1. The summed E-state index contributed by atoms with van der Waals surface area (Å²) >= 11 is 0. The van der Waals surface area contributed by atoms with Crippen molar-refractivity contribution < 1.29 is 14.6 Å². The smallest absolute Gasteiger partial charge is 0.337 e. The fraction of sp³-hybridized carbons (Fsp3) is 0.500. The van der Waals surface area contributed by atoms with Crippen LogP contribution in [0.3, 0.4) is 0 Å². The van der Waals surface area contributed by atoms with Crippen molar-refractivity contribution in [1.82, 2.24) is 9.55 Å². The lowest BCUT2D eigenvalue weighted by molar-refractivity contribution is 0.0698. The molecule has 2 rings (SSSR count).